The van der Waals surface area contributed by atoms with Gasteiger partial charge in [0.1, 0.15) is 5.00 Å². The third-order valence-electron chi connectivity index (χ3n) is 2.76. The van der Waals surface area contributed by atoms with Crippen LogP contribution in [0.3, 0.4) is 0 Å². The summed E-state index contributed by atoms with van der Waals surface area (Å²) >= 11 is 2.95. The molecule has 1 aromatic heterocycles. The SMILES string of the molecule is O=C(CI)Nc1sccc1C(=O)c1ccccc1C(F)(F)F. The van der Waals surface area contributed by atoms with Crippen molar-refractivity contribution < 1.29 is 22.8 Å². The number of thiophene rings is 1. The van der Waals surface area contributed by atoms with Crippen LogP contribution >= 0.6 is 33.9 Å². The number of amides is 1. The van der Waals surface area contributed by atoms with Crippen LogP contribution in [-0.2, 0) is 11.0 Å². The molecule has 1 amide bonds. The van der Waals surface area contributed by atoms with E-state index in [4.69, 9.17) is 0 Å². The molecule has 22 heavy (non-hydrogen) atoms. The fourth-order valence-corrected chi connectivity index (χ4v) is 2.81. The van der Waals surface area contributed by atoms with Crippen LogP contribution in [0.4, 0.5) is 18.2 Å². The third kappa shape index (κ3) is 3.67. The number of hydrogen-bond donors (Lipinski definition) is 1. The maximum absolute atomic E-state index is 13.0. The van der Waals surface area contributed by atoms with Crippen molar-refractivity contribution in [2.24, 2.45) is 0 Å². The average Bonchev–Trinajstić information content (AvgIpc) is 2.93. The number of halogens is 4. The highest BCUT2D eigenvalue weighted by Gasteiger charge is 2.35. The minimum absolute atomic E-state index is 0.0555. The minimum Gasteiger partial charge on any atom is -0.316 e. The van der Waals surface area contributed by atoms with Crippen molar-refractivity contribution in [3.05, 3.63) is 52.4 Å². The summed E-state index contributed by atoms with van der Waals surface area (Å²) in [6.45, 7) is 0. The van der Waals surface area contributed by atoms with Gasteiger partial charge in [-0.3, -0.25) is 9.59 Å². The highest BCUT2D eigenvalue weighted by molar-refractivity contribution is 14.1. The number of carbonyl (C=O) groups is 2. The van der Waals surface area contributed by atoms with Gasteiger partial charge in [0.15, 0.2) is 5.78 Å². The van der Waals surface area contributed by atoms with Gasteiger partial charge in [0.2, 0.25) is 5.91 Å². The van der Waals surface area contributed by atoms with E-state index >= 15 is 0 Å². The van der Waals surface area contributed by atoms with E-state index in [9.17, 15) is 22.8 Å². The molecule has 3 nitrogen and oxygen atoms in total. The topological polar surface area (TPSA) is 46.2 Å². The molecule has 0 saturated heterocycles. The normalized spacial score (nSPS) is 11.3. The van der Waals surface area contributed by atoms with Crippen LogP contribution in [0, 0.1) is 0 Å². The molecule has 1 aromatic carbocycles. The average molecular weight is 439 g/mol. The van der Waals surface area contributed by atoms with Gasteiger partial charge in [0, 0.05) is 5.56 Å². The zero-order chi connectivity index (χ0) is 16.3. The molecule has 0 bridgehead atoms. The lowest BCUT2D eigenvalue weighted by molar-refractivity contribution is -0.137. The molecular formula is C14H9F3INO2S. The number of nitrogens with one attached hydrogen (secondary N) is 1. The second kappa shape index (κ2) is 6.78. The molecule has 2 aromatic rings. The fraction of sp³-hybridized carbons (Fsp3) is 0.143. The number of benzene rings is 1. The first-order chi connectivity index (χ1) is 10.3. The Kier molecular flexibility index (Phi) is 5.22. The van der Waals surface area contributed by atoms with Gasteiger partial charge in [-0.15, -0.1) is 11.3 Å². The van der Waals surface area contributed by atoms with Crippen molar-refractivity contribution in [1.82, 2.24) is 0 Å². The molecule has 0 radical (unpaired) electrons. The number of anilines is 1. The number of carbonyl (C=O) groups excluding carboxylic acids is 2. The summed E-state index contributed by atoms with van der Waals surface area (Å²) in [7, 11) is 0. The molecule has 0 fully saturated rings. The van der Waals surface area contributed by atoms with Gasteiger partial charge < -0.3 is 5.32 Å². The monoisotopic (exact) mass is 439 g/mol. The largest absolute Gasteiger partial charge is 0.417 e. The Hall–Kier alpha value is -1.42. The Morgan fingerprint density at radius 1 is 1.14 bits per heavy atom. The first kappa shape index (κ1) is 16.9. The van der Waals surface area contributed by atoms with E-state index in [2.05, 4.69) is 5.32 Å². The lowest BCUT2D eigenvalue weighted by Gasteiger charge is -2.12. The van der Waals surface area contributed by atoms with E-state index in [0.29, 0.717) is 0 Å². The molecule has 8 heteroatoms. The van der Waals surface area contributed by atoms with Crippen molar-refractivity contribution in [2.45, 2.75) is 6.18 Å². The highest BCUT2D eigenvalue weighted by atomic mass is 127. The summed E-state index contributed by atoms with van der Waals surface area (Å²) in [6.07, 6.45) is -4.62. The summed E-state index contributed by atoms with van der Waals surface area (Å²) in [5.74, 6) is -1.08. The minimum atomic E-state index is -4.62. The molecule has 0 atom stereocenters. The summed E-state index contributed by atoms with van der Waals surface area (Å²) in [5, 5.41) is 4.32. The molecule has 0 aliphatic rings. The van der Waals surface area contributed by atoms with Gasteiger partial charge in [-0.1, -0.05) is 40.8 Å². The van der Waals surface area contributed by atoms with Crippen LogP contribution in [0.15, 0.2) is 35.7 Å². The molecule has 116 valence electrons. The van der Waals surface area contributed by atoms with E-state index < -0.39 is 23.1 Å². The maximum atomic E-state index is 13.0. The van der Waals surface area contributed by atoms with E-state index in [-0.39, 0.29) is 20.9 Å². The van der Waals surface area contributed by atoms with Crippen molar-refractivity contribution in [3.63, 3.8) is 0 Å². The predicted octanol–water partition coefficient (Wildman–Crippen LogP) is 4.37. The van der Waals surface area contributed by atoms with Crippen LogP contribution in [0.25, 0.3) is 0 Å². The molecule has 0 saturated carbocycles. The van der Waals surface area contributed by atoms with Crippen molar-refractivity contribution in [1.29, 1.82) is 0 Å². The van der Waals surface area contributed by atoms with Gasteiger partial charge in [0.05, 0.1) is 15.6 Å². The van der Waals surface area contributed by atoms with Gasteiger partial charge in [0.25, 0.3) is 0 Å². The zero-order valence-electron chi connectivity index (χ0n) is 10.9. The standard InChI is InChI=1S/C14H9F3INO2S/c15-14(16,17)10-4-2-1-3-8(10)12(21)9-5-6-22-13(9)19-11(20)7-18/h1-6H,7H2,(H,19,20). The van der Waals surface area contributed by atoms with Gasteiger partial charge >= 0.3 is 6.18 Å². The second-order valence-corrected chi connectivity index (χ2v) is 5.90. The number of ketones is 1. The quantitative estimate of drug-likeness (QED) is 0.437. The van der Waals surface area contributed by atoms with Crippen LogP contribution in [-0.4, -0.2) is 16.1 Å². The summed E-state index contributed by atoms with van der Waals surface area (Å²) < 4.78 is 39.2. The van der Waals surface area contributed by atoms with Crippen molar-refractivity contribution >= 4 is 50.6 Å². The summed E-state index contributed by atoms with van der Waals surface area (Å²) in [5.41, 5.74) is -1.37. The molecule has 0 unspecified atom stereocenters. The fourth-order valence-electron chi connectivity index (χ4n) is 1.82. The Labute approximate surface area is 141 Å². The molecule has 1 N–H and O–H groups in total. The Morgan fingerprint density at radius 3 is 2.45 bits per heavy atom. The number of alkyl halides is 4. The van der Waals surface area contributed by atoms with Gasteiger partial charge in [-0.05, 0) is 17.5 Å². The number of hydrogen-bond acceptors (Lipinski definition) is 3. The van der Waals surface area contributed by atoms with E-state index in [1.54, 1.807) is 5.38 Å². The zero-order valence-corrected chi connectivity index (χ0v) is 13.9. The Bertz CT molecular complexity index is 712. The molecule has 0 spiro atoms. The smallest absolute Gasteiger partial charge is 0.316 e. The van der Waals surface area contributed by atoms with Crippen LogP contribution < -0.4 is 5.32 Å². The Balaban J connectivity index is 2.42. The first-order valence-electron chi connectivity index (χ1n) is 5.99. The van der Waals surface area contributed by atoms with E-state index in [1.165, 1.54) is 18.2 Å². The molecule has 0 aliphatic carbocycles. The predicted molar refractivity (Wildman–Crippen MR) is 86.7 cm³/mol. The highest BCUT2D eigenvalue weighted by Crippen LogP contribution is 2.34. The first-order valence-corrected chi connectivity index (χ1v) is 8.39. The lowest BCUT2D eigenvalue weighted by Crippen LogP contribution is -2.16. The molecule has 1 heterocycles. The van der Waals surface area contributed by atoms with Crippen molar-refractivity contribution in [3.8, 4) is 0 Å². The van der Waals surface area contributed by atoms with Crippen molar-refractivity contribution in [2.75, 3.05) is 9.74 Å². The second-order valence-electron chi connectivity index (χ2n) is 4.22. The van der Waals surface area contributed by atoms with Crippen LogP contribution in [0.2, 0.25) is 0 Å². The summed E-state index contributed by atoms with van der Waals surface area (Å²) in [4.78, 5) is 23.8. The van der Waals surface area contributed by atoms with E-state index in [0.717, 1.165) is 23.5 Å². The van der Waals surface area contributed by atoms with Crippen LogP contribution in [0.5, 0.6) is 0 Å². The van der Waals surface area contributed by atoms with Gasteiger partial charge in [-0.25, -0.2) is 0 Å². The molecule has 0 aliphatic heterocycles. The Morgan fingerprint density at radius 2 is 1.82 bits per heavy atom. The summed E-state index contributed by atoms with van der Waals surface area (Å²) in [6, 6.07) is 6.00. The van der Waals surface area contributed by atoms with E-state index in [1.807, 2.05) is 22.6 Å². The number of rotatable bonds is 4. The molecule has 2 rings (SSSR count). The molecular weight excluding hydrogens is 430 g/mol. The maximum Gasteiger partial charge on any atom is 0.417 e. The lowest BCUT2D eigenvalue weighted by atomic mass is 9.99. The third-order valence-corrected chi connectivity index (χ3v) is 4.28. The van der Waals surface area contributed by atoms with Gasteiger partial charge in [-0.2, -0.15) is 13.2 Å². The van der Waals surface area contributed by atoms with Crippen LogP contribution in [0.1, 0.15) is 21.5 Å².